The van der Waals surface area contributed by atoms with E-state index in [0.29, 0.717) is 11.4 Å². The van der Waals surface area contributed by atoms with Crippen LogP contribution in [0.25, 0.3) is 5.57 Å². The largest absolute Gasteiger partial charge is 0.425 e. The second-order valence-corrected chi connectivity index (χ2v) is 9.81. The number of ether oxygens (including phenoxy) is 1. The molecule has 5 heteroatoms. The van der Waals surface area contributed by atoms with E-state index in [9.17, 15) is 14.4 Å². The van der Waals surface area contributed by atoms with Crippen molar-refractivity contribution in [2.45, 2.75) is 26.7 Å². The van der Waals surface area contributed by atoms with E-state index in [1.165, 1.54) is 4.90 Å². The number of esters is 1. The molecule has 2 amide bonds. The number of amides is 2. The number of hydrogen-bond donors (Lipinski definition) is 0. The Morgan fingerprint density at radius 1 is 0.771 bits per heavy atom. The first kappa shape index (κ1) is 21.5. The van der Waals surface area contributed by atoms with E-state index in [0.717, 1.165) is 33.4 Å². The average molecular weight is 464 g/mol. The van der Waals surface area contributed by atoms with Crippen molar-refractivity contribution in [3.8, 4) is 5.75 Å². The van der Waals surface area contributed by atoms with Gasteiger partial charge in [0.25, 0.3) is 0 Å². The van der Waals surface area contributed by atoms with Gasteiger partial charge in [0.05, 0.1) is 23.4 Å². The number of fused-ring (bicyclic) bond motifs is 5. The molecule has 35 heavy (non-hydrogen) atoms. The first-order valence-corrected chi connectivity index (χ1v) is 11.9. The number of carbonyl (C=O) groups excluding carboxylic acids is 3. The fourth-order valence-electron chi connectivity index (χ4n) is 5.87. The molecule has 0 radical (unpaired) electrons. The van der Waals surface area contributed by atoms with Crippen molar-refractivity contribution in [1.29, 1.82) is 0 Å². The molecule has 6 rings (SSSR count). The van der Waals surface area contributed by atoms with Crippen LogP contribution in [-0.2, 0) is 14.4 Å². The van der Waals surface area contributed by atoms with Gasteiger partial charge in [-0.25, -0.2) is 4.90 Å². The number of hydrogen-bond acceptors (Lipinski definition) is 4. The zero-order valence-electron chi connectivity index (χ0n) is 19.8. The molecule has 2 heterocycles. The highest BCUT2D eigenvalue weighted by Crippen LogP contribution is 2.54. The standard InChI is InChI=1S/C30H25NO4/c1-16-9-11-18(3)23(13-16)31-28(32)25-21(19-7-5-4-6-8-19)15-22-20-12-10-17(2)14-24(20)35-30(34)26(22)27(25)29(31)33/h4-15,21,25-27H,1-3H3/t21-,25-,26-,27-/m1/s1. The third-order valence-corrected chi connectivity index (χ3v) is 7.54. The van der Waals surface area contributed by atoms with Crippen LogP contribution < -0.4 is 9.64 Å². The SMILES string of the molecule is Cc1ccc2c(c1)OC(=O)[C@@H]1C2=C[C@H](c2ccccc2)[C@H]2C(=O)N(c3cc(C)ccc3C)C(=O)[C@@H]12. The summed E-state index contributed by atoms with van der Waals surface area (Å²) in [7, 11) is 0. The number of allylic oxidation sites excluding steroid dienone is 1. The maximum absolute atomic E-state index is 14.0. The first-order chi connectivity index (χ1) is 16.8. The third kappa shape index (κ3) is 3.18. The van der Waals surface area contributed by atoms with Gasteiger partial charge in [0, 0.05) is 11.5 Å². The minimum atomic E-state index is -0.824. The molecule has 5 nitrogen and oxygen atoms in total. The smallest absolute Gasteiger partial charge is 0.319 e. The quantitative estimate of drug-likeness (QED) is 0.300. The van der Waals surface area contributed by atoms with E-state index in [1.54, 1.807) is 0 Å². The number of aryl methyl sites for hydroxylation is 3. The predicted octanol–water partition coefficient (Wildman–Crippen LogP) is 5.13. The van der Waals surface area contributed by atoms with Gasteiger partial charge in [0.15, 0.2) is 0 Å². The number of imide groups is 1. The molecule has 0 aromatic heterocycles. The summed E-state index contributed by atoms with van der Waals surface area (Å²) in [4.78, 5) is 42.7. The van der Waals surface area contributed by atoms with Crippen LogP contribution >= 0.6 is 0 Å². The Kier molecular flexibility index (Phi) is 4.78. The molecular formula is C30H25NO4. The summed E-state index contributed by atoms with van der Waals surface area (Å²) in [5, 5.41) is 0. The normalized spacial score (nSPS) is 24.9. The highest BCUT2D eigenvalue weighted by molar-refractivity contribution is 6.25. The van der Waals surface area contributed by atoms with Gasteiger partial charge >= 0.3 is 5.97 Å². The molecule has 0 unspecified atom stereocenters. The lowest BCUT2D eigenvalue weighted by atomic mass is 9.64. The summed E-state index contributed by atoms with van der Waals surface area (Å²) in [6.45, 7) is 5.77. The number of rotatable bonds is 2. The summed E-state index contributed by atoms with van der Waals surface area (Å²) < 4.78 is 5.74. The Labute approximate surface area is 204 Å². The second kappa shape index (κ2) is 7.77. The lowest BCUT2D eigenvalue weighted by molar-refractivity contribution is -0.142. The van der Waals surface area contributed by atoms with E-state index in [4.69, 9.17) is 4.74 Å². The Morgan fingerprint density at radius 3 is 2.23 bits per heavy atom. The molecule has 174 valence electrons. The topological polar surface area (TPSA) is 63.7 Å². The Bertz CT molecular complexity index is 1440. The monoisotopic (exact) mass is 463 g/mol. The van der Waals surface area contributed by atoms with Crippen LogP contribution in [0.15, 0.2) is 72.8 Å². The molecule has 0 spiro atoms. The fraction of sp³-hybridized carbons (Fsp3) is 0.233. The van der Waals surface area contributed by atoms with Crippen LogP contribution in [0, 0.1) is 38.5 Å². The van der Waals surface area contributed by atoms with Gasteiger partial charge in [-0.1, -0.05) is 60.7 Å². The zero-order valence-corrected chi connectivity index (χ0v) is 19.8. The van der Waals surface area contributed by atoms with Gasteiger partial charge in [0.2, 0.25) is 11.8 Å². The molecule has 0 saturated carbocycles. The molecule has 4 atom stereocenters. The number of benzene rings is 3. The molecule has 1 saturated heterocycles. The lowest BCUT2D eigenvalue weighted by Crippen LogP contribution is -2.42. The molecule has 1 fully saturated rings. The minimum absolute atomic E-state index is 0.264. The second-order valence-electron chi connectivity index (χ2n) is 9.81. The average Bonchev–Trinajstić information content (AvgIpc) is 3.10. The van der Waals surface area contributed by atoms with Gasteiger partial charge in [-0.2, -0.15) is 0 Å². The Balaban J connectivity index is 1.56. The van der Waals surface area contributed by atoms with Crippen molar-refractivity contribution in [2.24, 2.45) is 17.8 Å². The molecule has 3 aliphatic rings. The van der Waals surface area contributed by atoms with Crippen LogP contribution in [0.1, 0.15) is 33.7 Å². The lowest BCUT2D eigenvalue weighted by Gasteiger charge is -2.38. The number of nitrogens with zero attached hydrogens (tertiary/aromatic N) is 1. The number of carbonyl (C=O) groups is 3. The zero-order chi connectivity index (χ0) is 24.4. The van der Waals surface area contributed by atoms with Crippen molar-refractivity contribution in [1.82, 2.24) is 0 Å². The van der Waals surface area contributed by atoms with Crippen molar-refractivity contribution < 1.29 is 19.1 Å². The van der Waals surface area contributed by atoms with Crippen molar-refractivity contribution >= 4 is 29.0 Å². The summed E-state index contributed by atoms with van der Waals surface area (Å²) in [5.74, 6) is -3.22. The summed E-state index contributed by atoms with van der Waals surface area (Å²) >= 11 is 0. The minimum Gasteiger partial charge on any atom is -0.425 e. The van der Waals surface area contributed by atoms with Gasteiger partial charge in [0.1, 0.15) is 5.75 Å². The first-order valence-electron chi connectivity index (χ1n) is 11.9. The molecule has 2 aliphatic heterocycles. The van der Waals surface area contributed by atoms with Crippen molar-refractivity contribution in [3.05, 3.63) is 101 Å². The van der Waals surface area contributed by atoms with E-state index in [1.807, 2.05) is 93.6 Å². The van der Waals surface area contributed by atoms with Gasteiger partial charge in [-0.3, -0.25) is 14.4 Å². The molecule has 3 aromatic carbocycles. The van der Waals surface area contributed by atoms with Gasteiger partial charge in [-0.05, 0) is 60.7 Å². The van der Waals surface area contributed by atoms with Crippen LogP contribution in [-0.4, -0.2) is 17.8 Å². The predicted molar refractivity (Wildman–Crippen MR) is 133 cm³/mol. The fourth-order valence-corrected chi connectivity index (χ4v) is 5.87. The van der Waals surface area contributed by atoms with Gasteiger partial charge < -0.3 is 4.74 Å². The Hall–Kier alpha value is -3.99. The van der Waals surface area contributed by atoms with E-state index < -0.39 is 23.7 Å². The maximum Gasteiger partial charge on any atom is 0.319 e. The van der Waals surface area contributed by atoms with Crippen LogP contribution in [0.2, 0.25) is 0 Å². The van der Waals surface area contributed by atoms with Crippen molar-refractivity contribution in [2.75, 3.05) is 4.90 Å². The summed E-state index contributed by atoms with van der Waals surface area (Å²) in [6.07, 6.45) is 2.02. The highest BCUT2D eigenvalue weighted by Gasteiger charge is 2.60. The van der Waals surface area contributed by atoms with E-state index in [2.05, 4.69) is 0 Å². The maximum atomic E-state index is 14.0. The summed E-state index contributed by atoms with van der Waals surface area (Å²) in [5.41, 5.74) is 5.90. The van der Waals surface area contributed by atoms with Crippen molar-refractivity contribution in [3.63, 3.8) is 0 Å². The molecule has 0 N–H and O–H groups in total. The third-order valence-electron chi connectivity index (χ3n) is 7.54. The summed E-state index contributed by atoms with van der Waals surface area (Å²) in [6, 6.07) is 21.3. The molecular weight excluding hydrogens is 438 g/mol. The molecule has 1 aliphatic carbocycles. The highest BCUT2D eigenvalue weighted by atomic mass is 16.5. The van der Waals surface area contributed by atoms with Gasteiger partial charge in [-0.15, -0.1) is 0 Å². The van der Waals surface area contributed by atoms with Crippen LogP contribution in [0.4, 0.5) is 5.69 Å². The van der Waals surface area contributed by atoms with E-state index in [-0.39, 0.29) is 17.7 Å². The number of anilines is 1. The Morgan fingerprint density at radius 2 is 1.46 bits per heavy atom. The molecule has 3 aromatic rings. The van der Waals surface area contributed by atoms with Crippen LogP contribution in [0.5, 0.6) is 5.75 Å². The molecule has 0 bridgehead atoms. The van der Waals surface area contributed by atoms with Crippen LogP contribution in [0.3, 0.4) is 0 Å². The van der Waals surface area contributed by atoms with E-state index >= 15 is 0 Å².